The van der Waals surface area contributed by atoms with E-state index >= 15 is 0 Å². The molecule has 2 rings (SSSR count). The van der Waals surface area contributed by atoms with Crippen LogP contribution in [0.1, 0.15) is 18.1 Å². The number of thiophene rings is 1. The van der Waals surface area contributed by atoms with Crippen LogP contribution in [0.25, 0.3) is 0 Å². The van der Waals surface area contributed by atoms with Crippen molar-refractivity contribution in [3.63, 3.8) is 0 Å². The second-order valence-corrected chi connectivity index (χ2v) is 5.00. The molecule has 0 saturated heterocycles. The number of nitrogens with two attached hydrogens (primary N) is 1. The summed E-state index contributed by atoms with van der Waals surface area (Å²) in [5.41, 5.74) is 4.83. The topological polar surface area (TPSA) is 75.9 Å². The summed E-state index contributed by atoms with van der Waals surface area (Å²) in [7, 11) is 0. The number of hydrogen-bond acceptors (Lipinski definition) is 6. The Hall–Kier alpha value is -1.66. The zero-order valence-electron chi connectivity index (χ0n) is 10.5. The van der Waals surface area contributed by atoms with E-state index in [0.29, 0.717) is 11.9 Å². The second-order valence-electron chi connectivity index (χ2n) is 4.22. The summed E-state index contributed by atoms with van der Waals surface area (Å²) in [6, 6.07) is 2.45. The first-order valence-corrected chi connectivity index (χ1v) is 6.71. The summed E-state index contributed by atoms with van der Waals surface area (Å²) in [5.74, 6) is 6.86. The molecule has 1 atom stereocenters. The van der Waals surface area contributed by atoms with Crippen molar-refractivity contribution in [2.75, 3.05) is 10.7 Å². The van der Waals surface area contributed by atoms with Crippen molar-refractivity contribution in [3.05, 3.63) is 34.3 Å². The lowest BCUT2D eigenvalue weighted by atomic mass is 10.1. The van der Waals surface area contributed by atoms with Crippen molar-refractivity contribution in [1.82, 2.24) is 9.97 Å². The Balaban J connectivity index is 2.05. The Morgan fingerprint density at radius 1 is 1.39 bits per heavy atom. The molecule has 2 aromatic heterocycles. The number of hydrazine groups is 1. The van der Waals surface area contributed by atoms with Gasteiger partial charge in [0.2, 0.25) is 0 Å². The summed E-state index contributed by atoms with van der Waals surface area (Å²) in [5, 5.41) is 7.64. The van der Waals surface area contributed by atoms with Crippen LogP contribution < -0.4 is 16.6 Å². The third-order valence-corrected chi connectivity index (χ3v) is 3.46. The highest BCUT2D eigenvalue weighted by Crippen LogP contribution is 2.19. The highest BCUT2D eigenvalue weighted by Gasteiger charge is 2.09. The van der Waals surface area contributed by atoms with Crippen molar-refractivity contribution < 1.29 is 0 Å². The average Bonchev–Trinajstić information content (AvgIpc) is 2.84. The molecule has 0 aliphatic carbocycles. The first kappa shape index (κ1) is 12.8. The maximum absolute atomic E-state index is 5.39. The Morgan fingerprint density at radius 2 is 2.17 bits per heavy atom. The molecule has 0 fully saturated rings. The van der Waals surface area contributed by atoms with Crippen LogP contribution >= 0.6 is 11.3 Å². The van der Waals surface area contributed by atoms with Crippen LogP contribution in [0.3, 0.4) is 0 Å². The Bertz CT molecular complexity index is 497. The largest absolute Gasteiger partial charge is 0.367 e. The lowest BCUT2D eigenvalue weighted by Gasteiger charge is -2.16. The Morgan fingerprint density at radius 3 is 2.83 bits per heavy atom. The lowest BCUT2D eigenvalue weighted by molar-refractivity contribution is 0.784. The van der Waals surface area contributed by atoms with E-state index in [1.165, 1.54) is 11.9 Å². The highest BCUT2D eigenvalue weighted by molar-refractivity contribution is 7.07. The van der Waals surface area contributed by atoms with Gasteiger partial charge in [0, 0.05) is 11.6 Å². The van der Waals surface area contributed by atoms with Crippen LogP contribution in [-0.4, -0.2) is 16.0 Å². The number of nitrogens with zero attached hydrogens (tertiary/aromatic N) is 2. The molecule has 0 aliphatic heterocycles. The van der Waals surface area contributed by atoms with Gasteiger partial charge in [-0.2, -0.15) is 11.3 Å². The fourth-order valence-electron chi connectivity index (χ4n) is 1.79. The number of nitrogen functional groups attached to an aromatic ring is 1. The first-order chi connectivity index (χ1) is 8.70. The number of nitrogens with one attached hydrogen (secondary N) is 2. The first-order valence-electron chi connectivity index (χ1n) is 5.76. The molecule has 4 N–H and O–H groups in total. The molecule has 0 radical (unpaired) electrons. The van der Waals surface area contributed by atoms with Gasteiger partial charge in [-0.25, -0.2) is 15.8 Å². The summed E-state index contributed by atoms with van der Waals surface area (Å²) < 4.78 is 0. The van der Waals surface area contributed by atoms with Crippen LogP contribution in [0.2, 0.25) is 0 Å². The van der Waals surface area contributed by atoms with Crippen molar-refractivity contribution in [2.45, 2.75) is 26.3 Å². The minimum atomic E-state index is 0.304. The third-order valence-electron chi connectivity index (χ3n) is 2.73. The fraction of sp³-hybridized carbons (Fsp3) is 0.333. The van der Waals surface area contributed by atoms with Crippen LogP contribution in [-0.2, 0) is 6.42 Å². The summed E-state index contributed by atoms with van der Waals surface area (Å²) in [6.07, 6.45) is 2.47. The maximum Gasteiger partial charge on any atom is 0.148 e. The predicted octanol–water partition coefficient (Wildman–Crippen LogP) is 2.18. The minimum Gasteiger partial charge on any atom is -0.367 e. The molecule has 2 aromatic rings. The van der Waals surface area contributed by atoms with Crippen molar-refractivity contribution >= 4 is 23.0 Å². The summed E-state index contributed by atoms with van der Waals surface area (Å²) in [6.45, 7) is 4.07. The van der Waals surface area contributed by atoms with Gasteiger partial charge in [0.25, 0.3) is 0 Å². The van der Waals surface area contributed by atoms with E-state index in [-0.39, 0.29) is 0 Å². The molecule has 2 heterocycles. The Labute approximate surface area is 110 Å². The maximum atomic E-state index is 5.39. The highest BCUT2D eigenvalue weighted by atomic mass is 32.1. The van der Waals surface area contributed by atoms with Crippen molar-refractivity contribution in [1.29, 1.82) is 0 Å². The molecule has 0 spiro atoms. The monoisotopic (exact) mass is 263 g/mol. The van der Waals surface area contributed by atoms with E-state index in [2.05, 4.69) is 44.5 Å². The SMILES string of the molecule is Cc1c(NN)ncnc1NC(C)Cc1ccsc1. The molecule has 5 nitrogen and oxygen atoms in total. The van der Waals surface area contributed by atoms with Gasteiger partial charge in [-0.1, -0.05) is 0 Å². The van der Waals surface area contributed by atoms with E-state index in [0.717, 1.165) is 17.8 Å². The zero-order chi connectivity index (χ0) is 13.0. The standard InChI is InChI=1S/C12H17N5S/c1-8(5-10-3-4-18-6-10)16-11-9(2)12(17-13)15-7-14-11/h3-4,6-8H,5,13H2,1-2H3,(H2,14,15,16,17). The molecule has 0 bridgehead atoms. The van der Waals surface area contributed by atoms with Gasteiger partial charge in [0.15, 0.2) is 0 Å². The number of anilines is 2. The van der Waals surface area contributed by atoms with Gasteiger partial charge >= 0.3 is 0 Å². The molecular formula is C12H17N5S. The van der Waals surface area contributed by atoms with Gasteiger partial charge in [-0.05, 0) is 42.7 Å². The van der Waals surface area contributed by atoms with E-state index in [1.807, 2.05) is 6.92 Å². The lowest BCUT2D eigenvalue weighted by Crippen LogP contribution is -2.20. The third kappa shape index (κ3) is 2.96. The normalized spacial score (nSPS) is 12.2. The molecular weight excluding hydrogens is 246 g/mol. The quantitative estimate of drug-likeness (QED) is 0.569. The van der Waals surface area contributed by atoms with Crippen LogP contribution in [0, 0.1) is 6.92 Å². The average molecular weight is 263 g/mol. The van der Waals surface area contributed by atoms with Crippen molar-refractivity contribution in [2.24, 2.45) is 5.84 Å². The van der Waals surface area contributed by atoms with Crippen molar-refractivity contribution in [3.8, 4) is 0 Å². The summed E-state index contributed by atoms with van der Waals surface area (Å²) in [4.78, 5) is 8.30. The molecule has 0 saturated carbocycles. The van der Waals surface area contributed by atoms with Crippen LogP contribution in [0.5, 0.6) is 0 Å². The molecule has 6 heteroatoms. The van der Waals surface area contributed by atoms with Crippen LogP contribution in [0.4, 0.5) is 11.6 Å². The molecule has 18 heavy (non-hydrogen) atoms. The van der Waals surface area contributed by atoms with Gasteiger partial charge in [0.05, 0.1) is 0 Å². The van der Waals surface area contributed by atoms with Gasteiger partial charge in [0.1, 0.15) is 18.0 Å². The van der Waals surface area contributed by atoms with E-state index in [1.54, 1.807) is 11.3 Å². The number of aromatic nitrogens is 2. The molecule has 0 amide bonds. The summed E-state index contributed by atoms with van der Waals surface area (Å²) >= 11 is 1.72. The molecule has 1 unspecified atom stereocenters. The fourth-order valence-corrected chi connectivity index (χ4v) is 2.47. The van der Waals surface area contributed by atoms with Gasteiger partial charge < -0.3 is 10.7 Å². The van der Waals surface area contributed by atoms with Gasteiger partial charge in [-0.15, -0.1) is 0 Å². The second kappa shape index (κ2) is 5.79. The van der Waals surface area contributed by atoms with E-state index in [4.69, 9.17) is 5.84 Å². The van der Waals surface area contributed by atoms with Crippen LogP contribution in [0.15, 0.2) is 23.2 Å². The molecule has 0 aliphatic rings. The van der Waals surface area contributed by atoms with E-state index < -0.39 is 0 Å². The molecule has 0 aromatic carbocycles. The zero-order valence-corrected chi connectivity index (χ0v) is 11.3. The van der Waals surface area contributed by atoms with E-state index in [9.17, 15) is 0 Å². The Kier molecular flexibility index (Phi) is 4.11. The minimum absolute atomic E-state index is 0.304. The molecule has 96 valence electrons. The number of hydrogen-bond donors (Lipinski definition) is 3. The smallest absolute Gasteiger partial charge is 0.148 e. The number of rotatable bonds is 5. The van der Waals surface area contributed by atoms with Gasteiger partial charge in [-0.3, -0.25) is 0 Å². The predicted molar refractivity (Wildman–Crippen MR) is 75.7 cm³/mol.